The van der Waals surface area contributed by atoms with E-state index in [9.17, 15) is 22.8 Å². The van der Waals surface area contributed by atoms with Crippen molar-refractivity contribution in [2.45, 2.75) is 80.7 Å². The van der Waals surface area contributed by atoms with E-state index in [1.54, 1.807) is 45.0 Å². The highest BCUT2D eigenvalue weighted by molar-refractivity contribution is 7.89. The van der Waals surface area contributed by atoms with E-state index in [1.165, 1.54) is 6.07 Å². The van der Waals surface area contributed by atoms with Crippen LogP contribution in [0.5, 0.6) is 0 Å². The van der Waals surface area contributed by atoms with E-state index in [2.05, 4.69) is 17.9 Å². The van der Waals surface area contributed by atoms with Gasteiger partial charge in [0.1, 0.15) is 23.6 Å². The Morgan fingerprint density at radius 3 is 2.16 bits per heavy atom. The molecule has 1 fully saturated rings. The Labute approximate surface area is 258 Å². The van der Waals surface area contributed by atoms with Gasteiger partial charge in [0.05, 0.1) is 4.90 Å². The van der Waals surface area contributed by atoms with Gasteiger partial charge in [0.15, 0.2) is 0 Å². The van der Waals surface area contributed by atoms with E-state index >= 15 is 0 Å². The Morgan fingerprint density at radius 2 is 1.58 bits per heavy atom. The van der Waals surface area contributed by atoms with E-state index in [4.69, 9.17) is 10.5 Å². The first kappa shape index (κ1) is 32.5. The normalized spacial score (nSPS) is 19.2. The predicted molar refractivity (Wildman–Crippen MR) is 169 cm³/mol. The number of nitrogens with one attached hydrogen (secondary N) is 1. The SMILES string of the molecule is CC(C)c1ccc(C(C(=O)OC(C)(C)C)C(NC(=O)[C@@H]2C[C@@H](S)CN2S(=O)(=O)c2ccc3ccccc3c2)C(N)=O)cc1. The number of rotatable bonds is 9. The van der Waals surface area contributed by atoms with Gasteiger partial charge in [0.2, 0.25) is 21.8 Å². The zero-order chi connectivity index (χ0) is 31.7. The Bertz CT molecular complexity index is 1620. The van der Waals surface area contributed by atoms with Gasteiger partial charge in [-0.3, -0.25) is 14.4 Å². The quantitative estimate of drug-likeness (QED) is 0.242. The molecule has 1 aliphatic heterocycles. The molecule has 230 valence electrons. The molecule has 11 heteroatoms. The van der Waals surface area contributed by atoms with Crippen LogP contribution in [0, 0.1) is 0 Å². The summed E-state index contributed by atoms with van der Waals surface area (Å²) in [4.78, 5) is 40.2. The van der Waals surface area contributed by atoms with Crippen LogP contribution in [0.1, 0.15) is 64.0 Å². The molecular weight excluding hydrogens is 587 g/mol. The lowest BCUT2D eigenvalue weighted by Gasteiger charge is -2.30. The third-order valence-electron chi connectivity index (χ3n) is 7.42. The van der Waals surface area contributed by atoms with E-state index in [-0.39, 0.29) is 23.8 Å². The Kier molecular flexibility index (Phi) is 9.58. The molecule has 3 N–H and O–H groups in total. The smallest absolute Gasteiger partial charge is 0.316 e. The maximum Gasteiger partial charge on any atom is 0.316 e. The number of esters is 1. The predicted octanol–water partition coefficient (Wildman–Crippen LogP) is 4.12. The molecule has 3 aromatic rings. The molecule has 2 unspecified atom stereocenters. The number of fused-ring (bicyclic) bond motifs is 1. The molecule has 1 aliphatic rings. The van der Waals surface area contributed by atoms with Crippen molar-refractivity contribution in [3.8, 4) is 0 Å². The number of carbonyl (C=O) groups is 3. The summed E-state index contributed by atoms with van der Waals surface area (Å²) in [6, 6.07) is 16.6. The second-order valence-electron chi connectivity index (χ2n) is 12.2. The molecule has 0 bridgehead atoms. The van der Waals surface area contributed by atoms with E-state index in [0.717, 1.165) is 20.6 Å². The van der Waals surface area contributed by atoms with Gasteiger partial charge < -0.3 is 15.8 Å². The van der Waals surface area contributed by atoms with Gasteiger partial charge in [-0.2, -0.15) is 16.9 Å². The molecule has 1 heterocycles. The molecule has 0 aromatic heterocycles. The number of hydrogen-bond donors (Lipinski definition) is 3. The van der Waals surface area contributed by atoms with Crippen molar-refractivity contribution >= 4 is 51.2 Å². The summed E-state index contributed by atoms with van der Waals surface area (Å²) in [6.45, 7) is 9.14. The molecule has 9 nitrogen and oxygen atoms in total. The van der Waals surface area contributed by atoms with Crippen LogP contribution in [0.15, 0.2) is 71.6 Å². The number of primary amides is 1. The van der Waals surface area contributed by atoms with Crippen LogP contribution in [0.4, 0.5) is 0 Å². The zero-order valence-electron chi connectivity index (χ0n) is 25.0. The molecule has 3 aromatic carbocycles. The molecule has 0 saturated carbocycles. The third-order valence-corrected chi connectivity index (χ3v) is 9.67. The standard InChI is InChI=1S/C32H39N3O6S2/c1-19(2)20-10-12-22(13-11-20)27(31(38)41-32(3,4)5)28(29(33)36)34-30(37)26-17-24(42)18-35(26)43(39,40)25-15-14-21-8-6-7-9-23(21)16-25/h6-16,19,24,26-28,42H,17-18H2,1-5H3,(H2,33,36)(H,34,37)/t24-,26+,27?,28?/m1/s1. The number of nitrogens with zero attached hydrogens (tertiary/aromatic N) is 1. The summed E-state index contributed by atoms with van der Waals surface area (Å²) in [7, 11) is -4.12. The van der Waals surface area contributed by atoms with Crippen LogP contribution in [-0.2, 0) is 29.1 Å². The summed E-state index contributed by atoms with van der Waals surface area (Å²) in [6.07, 6.45) is 0.105. The van der Waals surface area contributed by atoms with E-state index in [1.807, 2.05) is 50.2 Å². The van der Waals surface area contributed by atoms with Crippen LogP contribution < -0.4 is 11.1 Å². The number of nitrogens with two attached hydrogens (primary N) is 1. The fraction of sp³-hybridized carbons (Fsp3) is 0.406. The summed E-state index contributed by atoms with van der Waals surface area (Å²) in [5, 5.41) is 3.80. The van der Waals surface area contributed by atoms with Crippen molar-refractivity contribution in [1.29, 1.82) is 0 Å². The van der Waals surface area contributed by atoms with Gasteiger partial charge in [0, 0.05) is 11.8 Å². The first-order chi connectivity index (χ1) is 20.1. The van der Waals surface area contributed by atoms with Gasteiger partial charge in [-0.25, -0.2) is 8.42 Å². The molecule has 0 spiro atoms. The second-order valence-corrected chi connectivity index (χ2v) is 14.8. The number of amides is 2. The van der Waals surface area contributed by atoms with Crippen LogP contribution >= 0.6 is 12.6 Å². The maximum atomic E-state index is 13.8. The first-order valence-electron chi connectivity index (χ1n) is 14.2. The van der Waals surface area contributed by atoms with E-state index in [0.29, 0.717) is 5.56 Å². The van der Waals surface area contributed by atoms with Crippen molar-refractivity contribution in [3.63, 3.8) is 0 Å². The summed E-state index contributed by atoms with van der Waals surface area (Å²) >= 11 is 4.49. The van der Waals surface area contributed by atoms with Crippen molar-refractivity contribution in [2.75, 3.05) is 6.54 Å². The lowest BCUT2D eigenvalue weighted by atomic mass is 9.88. The second kappa shape index (κ2) is 12.7. The fourth-order valence-corrected chi connectivity index (χ4v) is 7.40. The number of thiol groups is 1. The van der Waals surface area contributed by atoms with Crippen molar-refractivity contribution in [1.82, 2.24) is 9.62 Å². The van der Waals surface area contributed by atoms with Crippen LogP contribution in [-0.4, -0.2) is 60.0 Å². The average Bonchev–Trinajstić information content (AvgIpc) is 3.34. The fourth-order valence-electron chi connectivity index (χ4n) is 5.24. The topological polar surface area (TPSA) is 136 Å². The minimum atomic E-state index is -4.12. The van der Waals surface area contributed by atoms with Crippen molar-refractivity contribution in [3.05, 3.63) is 77.9 Å². The van der Waals surface area contributed by atoms with Crippen molar-refractivity contribution in [2.24, 2.45) is 5.73 Å². The number of sulfonamides is 1. The minimum absolute atomic E-state index is 0.0102. The Balaban J connectivity index is 1.67. The highest BCUT2D eigenvalue weighted by Crippen LogP contribution is 2.32. The molecule has 4 atom stereocenters. The highest BCUT2D eigenvalue weighted by atomic mass is 32.2. The molecular formula is C32H39N3O6S2. The lowest BCUT2D eigenvalue weighted by molar-refractivity contribution is -0.158. The van der Waals surface area contributed by atoms with Gasteiger partial charge >= 0.3 is 5.97 Å². The van der Waals surface area contributed by atoms with Gasteiger partial charge in [0.25, 0.3) is 0 Å². The van der Waals surface area contributed by atoms with Gasteiger partial charge in [-0.05, 0) is 67.1 Å². The highest BCUT2D eigenvalue weighted by Gasteiger charge is 2.45. The lowest BCUT2D eigenvalue weighted by Crippen LogP contribution is -2.55. The zero-order valence-corrected chi connectivity index (χ0v) is 26.7. The number of ether oxygens (including phenoxy) is 1. The third kappa shape index (κ3) is 7.39. The van der Waals surface area contributed by atoms with Crippen LogP contribution in [0.25, 0.3) is 10.8 Å². The number of carbonyl (C=O) groups excluding carboxylic acids is 3. The van der Waals surface area contributed by atoms with Crippen molar-refractivity contribution < 1.29 is 27.5 Å². The number of benzene rings is 3. The number of hydrogen-bond acceptors (Lipinski definition) is 7. The Hall–Kier alpha value is -3.41. The molecule has 2 amide bonds. The monoisotopic (exact) mass is 625 g/mol. The summed E-state index contributed by atoms with van der Waals surface area (Å²) in [5.74, 6) is -3.49. The average molecular weight is 626 g/mol. The largest absolute Gasteiger partial charge is 0.459 e. The molecule has 43 heavy (non-hydrogen) atoms. The Morgan fingerprint density at radius 1 is 0.977 bits per heavy atom. The summed E-state index contributed by atoms with van der Waals surface area (Å²) < 4.78 is 34.4. The molecule has 0 radical (unpaired) electrons. The first-order valence-corrected chi connectivity index (χ1v) is 16.1. The maximum absolute atomic E-state index is 13.8. The minimum Gasteiger partial charge on any atom is -0.459 e. The van der Waals surface area contributed by atoms with Crippen LogP contribution in [0.2, 0.25) is 0 Å². The van der Waals surface area contributed by atoms with Gasteiger partial charge in [-0.15, -0.1) is 0 Å². The van der Waals surface area contributed by atoms with E-state index < -0.39 is 56.7 Å². The molecule has 4 rings (SSSR count). The molecule has 0 aliphatic carbocycles. The molecule has 1 saturated heterocycles. The summed E-state index contributed by atoms with van der Waals surface area (Å²) in [5.41, 5.74) is 6.36. The van der Waals surface area contributed by atoms with Gasteiger partial charge in [-0.1, -0.05) is 68.4 Å². The van der Waals surface area contributed by atoms with Crippen LogP contribution in [0.3, 0.4) is 0 Å².